The molecule has 4 aromatic rings. The zero-order valence-corrected chi connectivity index (χ0v) is 15.2. The van der Waals surface area contributed by atoms with Crippen LogP contribution in [0.3, 0.4) is 0 Å². The maximum Gasteiger partial charge on any atom is 0.387 e. The molecule has 1 aromatic carbocycles. The van der Waals surface area contributed by atoms with Crippen LogP contribution in [0, 0.1) is 5.82 Å². The predicted octanol–water partition coefficient (Wildman–Crippen LogP) is 4.29. The number of hydrogen-bond donors (Lipinski definition) is 0. The minimum atomic E-state index is -3.11. The molecule has 0 saturated heterocycles. The van der Waals surface area contributed by atoms with E-state index in [1.54, 1.807) is 36.6 Å². The van der Waals surface area contributed by atoms with Crippen molar-refractivity contribution < 1.29 is 22.6 Å². The van der Waals surface area contributed by atoms with Crippen LogP contribution in [0.5, 0.6) is 11.5 Å². The summed E-state index contributed by atoms with van der Waals surface area (Å²) in [7, 11) is 1.56. The topological polar surface area (TPSA) is 62.1 Å². The van der Waals surface area contributed by atoms with Gasteiger partial charge < -0.3 is 9.47 Å². The molecule has 0 saturated carbocycles. The number of nitrogens with zero attached hydrogens (tertiary/aromatic N) is 4. The summed E-state index contributed by atoms with van der Waals surface area (Å²) in [6, 6.07) is 7.44. The molecule has 0 spiro atoms. The number of halogens is 3. The Bertz CT molecular complexity index is 1160. The number of pyridine rings is 2. The maximum atomic E-state index is 13.7. The van der Waals surface area contributed by atoms with Crippen molar-refractivity contribution >= 4 is 11.0 Å². The summed E-state index contributed by atoms with van der Waals surface area (Å²) in [6.07, 6.45) is 6.52. The molecule has 148 valence electrons. The van der Waals surface area contributed by atoms with E-state index in [-0.39, 0.29) is 0 Å². The van der Waals surface area contributed by atoms with E-state index < -0.39 is 18.2 Å². The molecule has 4 rings (SSSR count). The van der Waals surface area contributed by atoms with Gasteiger partial charge in [0.1, 0.15) is 11.3 Å². The van der Waals surface area contributed by atoms with Gasteiger partial charge >= 0.3 is 6.61 Å². The Morgan fingerprint density at radius 2 is 1.90 bits per heavy atom. The Morgan fingerprint density at radius 1 is 1.03 bits per heavy atom. The van der Waals surface area contributed by atoms with Gasteiger partial charge in [-0.25, -0.2) is 4.39 Å². The molecule has 9 heteroatoms. The number of aromatic nitrogens is 4. The van der Waals surface area contributed by atoms with Crippen molar-refractivity contribution in [1.29, 1.82) is 0 Å². The van der Waals surface area contributed by atoms with E-state index in [0.29, 0.717) is 28.9 Å². The van der Waals surface area contributed by atoms with E-state index in [1.807, 2.05) is 12.1 Å². The van der Waals surface area contributed by atoms with Gasteiger partial charge in [0.05, 0.1) is 31.6 Å². The van der Waals surface area contributed by atoms with Gasteiger partial charge in [0.25, 0.3) is 0 Å². The second kappa shape index (κ2) is 7.78. The number of methoxy groups -OCH3 is 1. The third-order valence-electron chi connectivity index (χ3n) is 4.31. The van der Waals surface area contributed by atoms with Gasteiger partial charge in [0.2, 0.25) is 0 Å². The van der Waals surface area contributed by atoms with Crippen molar-refractivity contribution in [3.63, 3.8) is 0 Å². The van der Waals surface area contributed by atoms with Crippen molar-refractivity contribution in [2.75, 3.05) is 7.11 Å². The maximum absolute atomic E-state index is 13.7. The van der Waals surface area contributed by atoms with Crippen LogP contribution >= 0.6 is 0 Å². The Morgan fingerprint density at radius 3 is 2.69 bits per heavy atom. The van der Waals surface area contributed by atoms with E-state index in [2.05, 4.69) is 19.8 Å². The lowest BCUT2D eigenvalue weighted by molar-refractivity contribution is -0.0521. The number of ether oxygens (including phenoxy) is 2. The van der Waals surface area contributed by atoms with Gasteiger partial charge in [-0.2, -0.15) is 13.9 Å². The fourth-order valence-corrected chi connectivity index (χ4v) is 2.94. The average molecular weight is 400 g/mol. The molecule has 0 radical (unpaired) electrons. The van der Waals surface area contributed by atoms with Crippen LogP contribution < -0.4 is 9.47 Å². The van der Waals surface area contributed by atoms with Gasteiger partial charge in [-0.15, -0.1) is 0 Å². The van der Waals surface area contributed by atoms with E-state index >= 15 is 0 Å². The lowest BCUT2D eigenvalue weighted by atomic mass is 10.1. The fraction of sp³-hybridized carbons (Fsp3) is 0.150. The number of fused-ring (bicyclic) bond motifs is 1. The highest BCUT2D eigenvalue weighted by Crippen LogP contribution is 2.29. The quantitative estimate of drug-likeness (QED) is 0.483. The number of rotatable bonds is 6. The summed E-state index contributed by atoms with van der Waals surface area (Å²) in [5.41, 5.74) is 3.38. The van der Waals surface area contributed by atoms with Crippen molar-refractivity contribution in [3.05, 3.63) is 66.5 Å². The average Bonchev–Trinajstić information content (AvgIpc) is 3.11. The van der Waals surface area contributed by atoms with Crippen LogP contribution in [0.25, 0.3) is 22.2 Å². The molecule has 0 unspecified atom stereocenters. The summed E-state index contributed by atoms with van der Waals surface area (Å²) in [4.78, 5) is 8.49. The molecular formula is C20H15F3N4O2. The van der Waals surface area contributed by atoms with E-state index in [0.717, 1.165) is 17.1 Å². The molecule has 0 amide bonds. The molecule has 0 atom stereocenters. The summed E-state index contributed by atoms with van der Waals surface area (Å²) in [6.45, 7) is -2.68. The number of alkyl halides is 2. The second-order valence-corrected chi connectivity index (χ2v) is 6.19. The predicted molar refractivity (Wildman–Crippen MR) is 99.4 cm³/mol. The minimum Gasteiger partial charge on any atom is -0.495 e. The van der Waals surface area contributed by atoms with Crippen LogP contribution in [0.15, 0.2) is 55.1 Å². The van der Waals surface area contributed by atoms with Crippen molar-refractivity contribution in [1.82, 2.24) is 19.7 Å². The van der Waals surface area contributed by atoms with Gasteiger partial charge in [0.15, 0.2) is 11.6 Å². The van der Waals surface area contributed by atoms with Gasteiger partial charge in [-0.3, -0.25) is 14.6 Å². The number of hydrogen-bond acceptors (Lipinski definition) is 5. The first kappa shape index (κ1) is 18.7. The third kappa shape index (κ3) is 3.98. The van der Waals surface area contributed by atoms with Crippen LogP contribution in [0.1, 0.15) is 5.56 Å². The van der Waals surface area contributed by atoms with Gasteiger partial charge in [0, 0.05) is 18.0 Å². The zero-order chi connectivity index (χ0) is 20.4. The largest absolute Gasteiger partial charge is 0.495 e. The summed E-state index contributed by atoms with van der Waals surface area (Å²) >= 11 is 0. The molecule has 3 aromatic heterocycles. The molecule has 0 aliphatic heterocycles. The van der Waals surface area contributed by atoms with Crippen molar-refractivity contribution in [2.45, 2.75) is 13.2 Å². The van der Waals surface area contributed by atoms with Crippen LogP contribution in [-0.2, 0) is 6.54 Å². The zero-order valence-electron chi connectivity index (χ0n) is 15.2. The smallest absolute Gasteiger partial charge is 0.387 e. The van der Waals surface area contributed by atoms with Gasteiger partial charge in [-0.05, 0) is 35.4 Å². The third-order valence-corrected chi connectivity index (χ3v) is 4.31. The lowest BCUT2D eigenvalue weighted by Gasteiger charge is -2.09. The molecule has 6 nitrogen and oxygen atoms in total. The molecule has 0 fully saturated rings. The molecule has 3 heterocycles. The summed E-state index contributed by atoms with van der Waals surface area (Å²) < 4.78 is 49.9. The Labute approximate surface area is 163 Å². The van der Waals surface area contributed by atoms with Crippen molar-refractivity contribution in [2.24, 2.45) is 0 Å². The van der Waals surface area contributed by atoms with Crippen molar-refractivity contribution in [3.8, 4) is 22.6 Å². The summed E-state index contributed by atoms with van der Waals surface area (Å²) in [5.74, 6) is -0.747. The Balaban J connectivity index is 1.70. The molecule has 29 heavy (non-hydrogen) atoms. The second-order valence-electron chi connectivity index (χ2n) is 6.19. The monoisotopic (exact) mass is 400 g/mol. The van der Waals surface area contributed by atoms with E-state index in [9.17, 15) is 13.2 Å². The molecule has 0 aliphatic carbocycles. The van der Waals surface area contributed by atoms with Crippen LogP contribution in [-0.4, -0.2) is 33.5 Å². The lowest BCUT2D eigenvalue weighted by Crippen LogP contribution is -2.04. The first-order valence-electron chi connectivity index (χ1n) is 8.57. The molecular weight excluding hydrogens is 385 g/mol. The normalized spacial score (nSPS) is 11.2. The fourth-order valence-electron chi connectivity index (χ4n) is 2.94. The molecule has 0 N–H and O–H groups in total. The molecule has 0 aliphatic rings. The van der Waals surface area contributed by atoms with E-state index in [4.69, 9.17) is 4.74 Å². The highest BCUT2D eigenvalue weighted by atomic mass is 19.3. The van der Waals surface area contributed by atoms with Gasteiger partial charge in [-0.1, -0.05) is 6.07 Å². The minimum absolute atomic E-state index is 0.433. The standard InChI is InChI=1S/C20H15F3N4O2/c1-28-15-4-12(7-24-9-15)11-27-18-5-14(8-25-17(18)10-26-27)13-2-3-16(21)19(6-13)29-20(22)23/h2-10,20H,11H2,1H3. The van der Waals surface area contributed by atoms with Crippen LogP contribution in [0.2, 0.25) is 0 Å². The molecule has 0 bridgehead atoms. The van der Waals surface area contributed by atoms with E-state index in [1.165, 1.54) is 12.1 Å². The highest BCUT2D eigenvalue weighted by molar-refractivity contribution is 5.80. The first-order chi connectivity index (χ1) is 14.0. The first-order valence-corrected chi connectivity index (χ1v) is 8.57. The van der Waals surface area contributed by atoms with Crippen LogP contribution in [0.4, 0.5) is 13.2 Å². The number of benzene rings is 1. The summed E-state index contributed by atoms with van der Waals surface area (Å²) in [5, 5.41) is 4.35. The highest BCUT2D eigenvalue weighted by Gasteiger charge is 2.13. The Kier molecular flexibility index (Phi) is 5.03. The SMILES string of the molecule is COc1cncc(Cn2ncc3ncc(-c4ccc(F)c(OC(F)F)c4)cc32)c1. The Hall–Kier alpha value is -3.62.